The second kappa shape index (κ2) is 6.02. The normalized spacial score (nSPS) is 11.8. The van der Waals surface area contributed by atoms with Crippen molar-refractivity contribution in [3.63, 3.8) is 0 Å². The van der Waals surface area contributed by atoms with Crippen LogP contribution in [0, 0.1) is 11.3 Å². The SMILES string of the molecule is CCCC(CC)Nc1ncccc1C#N. The molecule has 0 fully saturated rings. The third-order valence-electron chi connectivity index (χ3n) is 2.40. The summed E-state index contributed by atoms with van der Waals surface area (Å²) in [6.45, 7) is 4.30. The maximum Gasteiger partial charge on any atom is 0.144 e. The summed E-state index contributed by atoms with van der Waals surface area (Å²) in [6, 6.07) is 6.12. The number of hydrogen-bond donors (Lipinski definition) is 1. The van der Waals surface area contributed by atoms with E-state index in [-0.39, 0.29) is 0 Å². The highest BCUT2D eigenvalue weighted by Gasteiger charge is 2.08. The van der Waals surface area contributed by atoms with Crippen molar-refractivity contribution < 1.29 is 0 Å². The molecule has 0 amide bonds. The van der Waals surface area contributed by atoms with Gasteiger partial charge in [0.2, 0.25) is 0 Å². The summed E-state index contributed by atoms with van der Waals surface area (Å²) in [5.74, 6) is 0.709. The Labute approximate surface area is 91.1 Å². The lowest BCUT2D eigenvalue weighted by atomic mass is 10.1. The first-order valence-corrected chi connectivity index (χ1v) is 5.43. The summed E-state index contributed by atoms with van der Waals surface area (Å²) in [7, 11) is 0. The van der Waals surface area contributed by atoms with Crippen LogP contribution in [0.1, 0.15) is 38.7 Å². The number of nitrogens with zero attached hydrogens (tertiary/aromatic N) is 2. The topological polar surface area (TPSA) is 48.7 Å². The van der Waals surface area contributed by atoms with Gasteiger partial charge in [0.1, 0.15) is 11.9 Å². The van der Waals surface area contributed by atoms with Gasteiger partial charge in [-0.2, -0.15) is 5.26 Å². The van der Waals surface area contributed by atoms with Gasteiger partial charge in [-0.25, -0.2) is 4.98 Å². The van der Waals surface area contributed by atoms with Crippen molar-refractivity contribution in [2.45, 2.75) is 39.2 Å². The average Bonchev–Trinajstić information content (AvgIpc) is 2.29. The van der Waals surface area contributed by atoms with Crippen molar-refractivity contribution in [1.29, 1.82) is 5.26 Å². The molecule has 1 aromatic rings. The van der Waals surface area contributed by atoms with E-state index in [1.165, 1.54) is 0 Å². The number of nitrogens with one attached hydrogen (secondary N) is 1. The molecule has 1 N–H and O–H groups in total. The quantitative estimate of drug-likeness (QED) is 0.800. The van der Waals surface area contributed by atoms with Crippen LogP contribution in [0.3, 0.4) is 0 Å². The molecule has 1 unspecified atom stereocenters. The van der Waals surface area contributed by atoms with Gasteiger partial charge < -0.3 is 5.32 Å². The number of nitriles is 1. The second-order valence-corrected chi connectivity index (χ2v) is 3.55. The fourth-order valence-electron chi connectivity index (χ4n) is 1.53. The monoisotopic (exact) mass is 203 g/mol. The van der Waals surface area contributed by atoms with Gasteiger partial charge in [0.05, 0.1) is 5.56 Å². The first-order chi connectivity index (χ1) is 7.31. The molecule has 80 valence electrons. The Kier molecular flexibility index (Phi) is 4.62. The summed E-state index contributed by atoms with van der Waals surface area (Å²) in [4.78, 5) is 4.19. The molecule has 1 heterocycles. The van der Waals surface area contributed by atoms with Crippen LogP contribution in [0.25, 0.3) is 0 Å². The van der Waals surface area contributed by atoms with Crippen LogP contribution in [0.2, 0.25) is 0 Å². The lowest BCUT2D eigenvalue weighted by molar-refractivity contribution is 0.620. The Morgan fingerprint density at radius 2 is 2.33 bits per heavy atom. The van der Waals surface area contributed by atoms with Crippen LogP contribution in [0.15, 0.2) is 18.3 Å². The van der Waals surface area contributed by atoms with E-state index in [4.69, 9.17) is 5.26 Å². The highest BCUT2D eigenvalue weighted by Crippen LogP contribution is 2.14. The molecule has 0 saturated carbocycles. The highest BCUT2D eigenvalue weighted by atomic mass is 15.0. The number of anilines is 1. The molecule has 1 rings (SSSR count). The minimum Gasteiger partial charge on any atom is -0.366 e. The zero-order chi connectivity index (χ0) is 11.1. The van der Waals surface area contributed by atoms with E-state index < -0.39 is 0 Å². The minimum absolute atomic E-state index is 0.414. The molecule has 0 bridgehead atoms. The molecular formula is C12H17N3. The van der Waals surface area contributed by atoms with Gasteiger partial charge in [0.15, 0.2) is 0 Å². The molecule has 0 aromatic carbocycles. The molecule has 0 aliphatic carbocycles. The zero-order valence-corrected chi connectivity index (χ0v) is 9.33. The van der Waals surface area contributed by atoms with Gasteiger partial charge in [-0.05, 0) is 25.0 Å². The van der Waals surface area contributed by atoms with E-state index >= 15 is 0 Å². The Morgan fingerprint density at radius 1 is 1.53 bits per heavy atom. The fourth-order valence-corrected chi connectivity index (χ4v) is 1.53. The van der Waals surface area contributed by atoms with Crippen LogP contribution in [0.4, 0.5) is 5.82 Å². The summed E-state index contributed by atoms with van der Waals surface area (Å²) in [5, 5.41) is 12.2. The smallest absolute Gasteiger partial charge is 0.144 e. The average molecular weight is 203 g/mol. The van der Waals surface area contributed by atoms with E-state index in [0.29, 0.717) is 17.4 Å². The molecule has 1 atom stereocenters. The van der Waals surface area contributed by atoms with Crippen molar-refractivity contribution in [2.24, 2.45) is 0 Å². The van der Waals surface area contributed by atoms with Crippen molar-refractivity contribution in [3.8, 4) is 6.07 Å². The standard InChI is InChI=1S/C12H17N3/c1-3-6-11(4-2)15-12-10(9-13)7-5-8-14-12/h5,7-8,11H,3-4,6H2,1-2H3,(H,14,15). The Hall–Kier alpha value is -1.56. The lowest BCUT2D eigenvalue weighted by Gasteiger charge is -2.17. The predicted molar refractivity (Wildman–Crippen MR) is 61.6 cm³/mol. The largest absolute Gasteiger partial charge is 0.366 e. The molecule has 0 saturated heterocycles. The van der Waals surface area contributed by atoms with Crippen molar-refractivity contribution in [1.82, 2.24) is 4.98 Å². The number of pyridine rings is 1. The van der Waals surface area contributed by atoms with Gasteiger partial charge in [0, 0.05) is 12.2 Å². The molecule has 0 aliphatic heterocycles. The molecular weight excluding hydrogens is 186 g/mol. The summed E-state index contributed by atoms with van der Waals surface area (Å²) >= 11 is 0. The fraction of sp³-hybridized carbons (Fsp3) is 0.500. The Bertz CT molecular complexity index is 341. The predicted octanol–water partition coefficient (Wildman–Crippen LogP) is 2.94. The Morgan fingerprint density at radius 3 is 2.93 bits per heavy atom. The van der Waals surface area contributed by atoms with Gasteiger partial charge in [-0.3, -0.25) is 0 Å². The summed E-state index contributed by atoms with van der Waals surface area (Å²) < 4.78 is 0. The minimum atomic E-state index is 0.414. The van der Waals surface area contributed by atoms with Crippen LogP contribution in [-0.4, -0.2) is 11.0 Å². The third-order valence-corrected chi connectivity index (χ3v) is 2.40. The van der Waals surface area contributed by atoms with Crippen LogP contribution in [-0.2, 0) is 0 Å². The zero-order valence-electron chi connectivity index (χ0n) is 9.33. The van der Waals surface area contributed by atoms with E-state index in [1.54, 1.807) is 18.3 Å². The molecule has 0 radical (unpaired) electrons. The van der Waals surface area contributed by atoms with Gasteiger partial charge in [-0.1, -0.05) is 20.3 Å². The van der Waals surface area contributed by atoms with Crippen LogP contribution >= 0.6 is 0 Å². The third kappa shape index (κ3) is 3.25. The summed E-state index contributed by atoms with van der Waals surface area (Å²) in [6.07, 6.45) is 5.01. The van der Waals surface area contributed by atoms with Gasteiger partial charge >= 0.3 is 0 Å². The van der Waals surface area contributed by atoms with Crippen molar-refractivity contribution in [3.05, 3.63) is 23.9 Å². The molecule has 15 heavy (non-hydrogen) atoms. The maximum absolute atomic E-state index is 8.90. The van der Waals surface area contributed by atoms with E-state index in [2.05, 4.69) is 30.2 Å². The van der Waals surface area contributed by atoms with Gasteiger partial charge in [-0.15, -0.1) is 0 Å². The van der Waals surface area contributed by atoms with Gasteiger partial charge in [0.25, 0.3) is 0 Å². The van der Waals surface area contributed by atoms with Crippen LogP contribution in [0.5, 0.6) is 0 Å². The first kappa shape index (κ1) is 11.5. The van der Waals surface area contributed by atoms with Crippen molar-refractivity contribution >= 4 is 5.82 Å². The Balaban J connectivity index is 2.74. The molecule has 3 nitrogen and oxygen atoms in total. The number of rotatable bonds is 5. The lowest BCUT2D eigenvalue weighted by Crippen LogP contribution is -2.19. The first-order valence-electron chi connectivity index (χ1n) is 5.43. The van der Waals surface area contributed by atoms with E-state index in [0.717, 1.165) is 19.3 Å². The van der Waals surface area contributed by atoms with Crippen LogP contribution < -0.4 is 5.32 Å². The second-order valence-electron chi connectivity index (χ2n) is 3.55. The number of aromatic nitrogens is 1. The van der Waals surface area contributed by atoms with Crippen molar-refractivity contribution in [2.75, 3.05) is 5.32 Å². The highest BCUT2D eigenvalue weighted by molar-refractivity contribution is 5.51. The van der Waals surface area contributed by atoms with E-state index in [1.807, 2.05) is 0 Å². The maximum atomic E-state index is 8.90. The molecule has 3 heteroatoms. The number of hydrogen-bond acceptors (Lipinski definition) is 3. The molecule has 0 aliphatic rings. The molecule has 0 spiro atoms. The molecule has 1 aromatic heterocycles. The van der Waals surface area contributed by atoms with E-state index in [9.17, 15) is 0 Å². The summed E-state index contributed by atoms with van der Waals surface area (Å²) in [5.41, 5.74) is 0.618.